The van der Waals surface area contributed by atoms with Crippen molar-refractivity contribution in [1.29, 1.82) is 0 Å². The predicted molar refractivity (Wildman–Crippen MR) is 61.2 cm³/mol. The van der Waals surface area contributed by atoms with Crippen LogP contribution in [0.25, 0.3) is 0 Å². The molecule has 3 N–H and O–H groups in total. The third-order valence-corrected chi connectivity index (χ3v) is 3.29. The zero-order valence-electron chi connectivity index (χ0n) is 9.20. The summed E-state index contributed by atoms with van der Waals surface area (Å²) in [5.41, 5.74) is 4.33. The highest BCUT2D eigenvalue weighted by atomic mass is 32.2. The SMILES string of the molecule is CC(C)(F)CNS(=O)(=O)c1ccc(N)cc1. The van der Waals surface area contributed by atoms with E-state index in [0.29, 0.717) is 5.69 Å². The molecule has 0 aliphatic carbocycles. The summed E-state index contributed by atoms with van der Waals surface area (Å²) in [6, 6.07) is 5.72. The molecule has 0 saturated carbocycles. The highest BCUT2D eigenvalue weighted by Crippen LogP contribution is 2.13. The molecule has 6 heteroatoms. The van der Waals surface area contributed by atoms with Crippen molar-refractivity contribution in [1.82, 2.24) is 4.72 Å². The van der Waals surface area contributed by atoms with E-state index >= 15 is 0 Å². The lowest BCUT2D eigenvalue weighted by Gasteiger charge is -2.15. The molecule has 1 rings (SSSR count). The van der Waals surface area contributed by atoms with Crippen LogP contribution in [0.1, 0.15) is 13.8 Å². The highest BCUT2D eigenvalue weighted by molar-refractivity contribution is 7.89. The first-order valence-electron chi connectivity index (χ1n) is 4.75. The van der Waals surface area contributed by atoms with Crippen molar-refractivity contribution in [2.45, 2.75) is 24.4 Å². The summed E-state index contributed by atoms with van der Waals surface area (Å²) >= 11 is 0. The molecule has 0 heterocycles. The van der Waals surface area contributed by atoms with Gasteiger partial charge >= 0.3 is 0 Å². The summed E-state index contributed by atoms with van der Waals surface area (Å²) in [6.45, 7) is 2.34. The van der Waals surface area contributed by atoms with Gasteiger partial charge in [0.05, 0.1) is 4.90 Å². The molecular formula is C10H15FN2O2S. The van der Waals surface area contributed by atoms with Crippen molar-refractivity contribution in [3.05, 3.63) is 24.3 Å². The molecule has 0 aromatic heterocycles. The predicted octanol–water partition coefficient (Wildman–Crippen LogP) is 1.30. The molecule has 0 saturated heterocycles. The van der Waals surface area contributed by atoms with Crippen LogP contribution in [-0.4, -0.2) is 20.6 Å². The first kappa shape index (κ1) is 12.9. The van der Waals surface area contributed by atoms with Crippen LogP contribution in [0.3, 0.4) is 0 Å². The molecule has 0 aliphatic rings. The summed E-state index contributed by atoms with van der Waals surface area (Å²) in [5.74, 6) is 0. The topological polar surface area (TPSA) is 72.2 Å². The van der Waals surface area contributed by atoms with Gasteiger partial charge in [-0.05, 0) is 38.1 Å². The number of nitrogens with two attached hydrogens (primary N) is 1. The molecule has 16 heavy (non-hydrogen) atoms. The maximum atomic E-state index is 13.2. The van der Waals surface area contributed by atoms with Gasteiger partial charge in [0.15, 0.2) is 0 Å². The molecule has 0 bridgehead atoms. The zero-order chi connectivity index (χ0) is 12.4. The van der Waals surface area contributed by atoms with E-state index in [4.69, 9.17) is 5.73 Å². The van der Waals surface area contributed by atoms with Crippen molar-refractivity contribution >= 4 is 15.7 Å². The molecule has 0 radical (unpaired) electrons. The van der Waals surface area contributed by atoms with Crippen LogP contribution in [0.2, 0.25) is 0 Å². The Morgan fingerprint density at radius 3 is 2.25 bits per heavy atom. The van der Waals surface area contributed by atoms with Crippen LogP contribution < -0.4 is 10.5 Å². The lowest BCUT2D eigenvalue weighted by Crippen LogP contribution is -2.35. The lowest BCUT2D eigenvalue weighted by molar-refractivity contribution is 0.221. The number of rotatable bonds is 4. The zero-order valence-corrected chi connectivity index (χ0v) is 10.0. The van der Waals surface area contributed by atoms with E-state index in [1.54, 1.807) is 0 Å². The van der Waals surface area contributed by atoms with Gasteiger partial charge in [-0.25, -0.2) is 17.5 Å². The minimum atomic E-state index is -3.66. The molecule has 0 amide bonds. The van der Waals surface area contributed by atoms with Crippen molar-refractivity contribution < 1.29 is 12.8 Å². The first-order valence-corrected chi connectivity index (χ1v) is 6.23. The van der Waals surface area contributed by atoms with Crippen LogP contribution in [0.4, 0.5) is 10.1 Å². The van der Waals surface area contributed by atoms with E-state index in [2.05, 4.69) is 4.72 Å². The number of hydrogen-bond acceptors (Lipinski definition) is 3. The average Bonchev–Trinajstić information content (AvgIpc) is 2.15. The van der Waals surface area contributed by atoms with Gasteiger partial charge in [-0.2, -0.15) is 0 Å². The van der Waals surface area contributed by atoms with E-state index in [9.17, 15) is 12.8 Å². The van der Waals surface area contributed by atoms with Crippen molar-refractivity contribution in [3.8, 4) is 0 Å². The number of sulfonamides is 1. The summed E-state index contributed by atoms with van der Waals surface area (Å²) in [7, 11) is -3.66. The molecule has 0 unspecified atom stereocenters. The lowest BCUT2D eigenvalue weighted by atomic mass is 10.2. The van der Waals surface area contributed by atoms with Gasteiger partial charge in [-0.3, -0.25) is 0 Å². The summed E-state index contributed by atoms with van der Waals surface area (Å²) in [5, 5.41) is 0. The number of anilines is 1. The van der Waals surface area contributed by atoms with Crippen LogP contribution in [-0.2, 0) is 10.0 Å². The molecule has 4 nitrogen and oxygen atoms in total. The Labute approximate surface area is 94.7 Å². The molecule has 90 valence electrons. The van der Waals surface area contributed by atoms with Crippen LogP contribution in [0.15, 0.2) is 29.2 Å². The average molecular weight is 246 g/mol. The number of halogens is 1. The van der Waals surface area contributed by atoms with E-state index < -0.39 is 15.7 Å². The fourth-order valence-corrected chi connectivity index (χ4v) is 2.19. The second kappa shape index (κ2) is 4.39. The molecule has 0 spiro atoms. The fourth-order valence-electron chi connectivity index (χ4n) is 0.997. The number of nitrogen functional groups attached to an aromatic ring is 1. The normalized spacial score (nSPS) is 12.7. The van der Waals surface area contributed by atoms with E-state index in [0.717, 1.165) is 0 Å². The monoisotopic (exact) mass is 246 g/mol. The summed E-state index contributed by atoms with van der Waals surface area (Å²) in [6.07, 6.45) is 0. The van der Waals surface area contributed by atoms with E-state index in [-0.39, 0.29) is 11.4 Å². The van der Waals surface area contributed by atoms with Crippen LogP contribution >= 0.6 is 0 Å². The highest BCUT2D eigenvalue weighted by Gasteiger charge is 2.20. The molecule has 0 fully saturated rings. The van der Waals surface area contributed by atoms with E-state index in [1.807, 2.05) is 0 Å². The third-order valence-electron chi connectivity index (χ3n) is 1.87. The summed E-state index contributed by atoms with van der Waals surface area (Å²) in [4.78, 5) is 0.0750. The minimum Gasteiger partial charge on any atom is -0.399 e. The number of benzene rings is 1. The first-order chi connectivity index (χ1) is 7.21. The van der Waals surface area contributed by atoms with Crippen molar-refractivity contribution in [3.63, 3.8) is 0 Å². The maximum Gasteiger partial charge on any atom is 0.240 e. The Hall–Kier alpha value is -1.14. The van der Waals surface area contributed by atoms with Gasteiger partial charge in [0, 0.05) is 12.2 Å². The summed E-state index contributed by atoms with van der Waals surface area (Å²) < 4.78 is 38.7. The molecule has 1 aromatic carbocycles. The molecule has 0 aliphatic heterocycles. The van der Waals surface area contributed by atoms with Gasteiger partial charge in [0.25, 0.3) is 0 Å². The maximum absolute atomic E-state index is 13.2. The standard InChI is InChI=1S/C10H15FN2O2S/c1-10(2,11)7-13-16(14,15)9-5-3-8(12)4-6-9/h3-6,13H,7,12H2,1-2H3. The Bertz CT molecular complexity index is 449. The second-order valence-electron chi connectivity index (χ2n) is 4.11. The van der Waals surface area contributed by atoms with Gasteiger partial charge < -0.3 is 5.73 Å². The third kappa shape index (κ3) is 3.79. The van der Waals surface area contributed by atoms with Gasteiger partial charge in [-0.1, -0.05) is 0 Å². The quantitative estimate of drug-likeness (QED) is 0.786. The fraction of sp³-hybridized carbons (Fsp3) is 0.400. The molecular weight excluding hydrogens is 231 g/mol. The number of nitrogens with one attached hydrogen (secondary N) is 1. The van der Waals surface area contributed by atoms with E-state index in [1.165, 1.54) is 38.1 Å². The largest absolute Gasteiger partial charge is 0.399 e. The second-order valence-corrected chi connectivity index (χ2v) is 5.88. The van der Waals surface area contributed by atoms with Gasteiger partial charge in [0.1, 0.15) is 5.67 Å². The minimum absolute atomic E-state index is 0.0750. The van der Waals surface area contributed by atoms with Crippen LogP contribution in [0.5, 0.6) is 0 Å². The molecule has 1 aromatic rings. The van der Waals surface area contributed by atoms with Crippen molar-refractivity contribution in [2.24, 2.45) is 0 Å². The smallest absolute Gasteiger partial charge is 0.240 e. The Balaban J connectivity index is 2.83. The number of alkyl halides is 1. The number of hydrogen-bond donors (Lipinski definition) is 2. The Morgan fingerprint density at radius 2 is 1.81 bits per heavy atom. The van der Waals surface area contributed by atoms with Crippen molar-refractivity contribution in [2.75, 3.05) is 12.3 Å². The Morgan fingerprint density at radius 1 is 1.31 bits per heavy atom. The van der Waals surface area contributed by atoms with Gasteiger partial charge in [0.2, 0.25) is 10.0 Å². The Kier molecular flexibility index (Phi) is 3.54. The molecule has 0 atom stereocenters. The van der Waals surface area contributed by atoms with Gasteiger partial charge in [-0.15, -0.1) is 0 Å². The van der Waals surface area contributed by atoms with Crippen LogP contribution in [0, 0.1) is 0 Å².